The molecular weight excluding hydrogens is 481 g/mol. The van der Waals surface area contributed by atoms with Gasteiger partial charge in [-0.05, 0) is 63.7 Å². The minimum absolute atomic E-state index is 0.254. The topological polar surface area (TPSA) is 87.1 Å². The third-order valence-corrected chi connectivity index (χ3v) is 6.66. The molecule has 4 rings (SSSR count). The monoisotopic (exact) mass is 507 g/mol. The Bertz CT molecular complexity index is 1410. The zero-order chi connectivity index (χ0) is 25.8. The number of carboxylic acid groups (broad SMARTS) is 1. The summed E-state index contributed by atoms with van der Waals surface area (Å²) in [5.41, 5.74) is 2.05. The van der Waals surface area contributed by atoms with Crippen LogP contribution in [0, 0.1) is 11.7 Å². The number of hydrogen-bond acceptors (Lipinski definition) is 3. The summed E-state index contributed by atoms with van der Waals surface area (Å²) in [6.07, 6.45) is 0. The number of rotatable bonds is 9. The lowest BCUT2D eigenvalue weighted by atomic mass is 10.0. The van der Waals surface area contributed by atoms with Crippen molar-refractivity contribution in [2.45, 2.75) is 26.5 Å². The van der Waals surface area contributed by atoms with Crippen molar-refractivity contribution in [3.63, 3.8) is 0 Å². The highest BCUT2D eigenvalue weighted by atomic mass is 32.2. The van der Waals surface area contributed by atoms with E-state index in [1.807, 2.05) is 18.2 Å². The number of halogens is 1. The van der Waals surface area contributed by atoms with E-state index in [0.717, 1.165) is 10.9 Å². The van der Waals surface area contributed by atoms with Gasteiger partial charge in [-0.3, -0.25) is 8.86 Å². The van der Waals surface area contributed by atoms with Crippen molar-refractivity contribution in [2.75, 3.05) is 4.31 Å². The van der Waals surface area contributed by atoms with Crippen LogP contribution in [0.25, 0.3) is 21.9 Å². The zero-order valence-corrected chi connectivity index (χ0v) is 20.6. The Kier molecular flexibility index (Phi) is 7.67. The number of ether oxygens (including phenoxy) is 1. The molecule has 0 bridgehead atoms. The van der Waals surface area contributed by atoms with Crippen molar-refractivity contribution >= 4 is 33.7 Å². The summed E-state index contributed by atoms with van der Waals surface area (Å²) >= 11 is -2.72. The molecule has 0 amide bonds. The Hall–Kier alpha value is -3.75. The van der Waals surface area contributed by atoms with E-state index in [0.29, 0.717) is 27.8 Å². The molecular formula is C28H26FNO5S. The molecule has 6 nitrogen and oxygen atoms in total. The van der Waals surface area contributed by atoms with Gasteiger partial charge in [0.1, 0.15) is 24.2 Å². The van der Waals surface area contributed by atoms with Crippen LogP contribution in [-0.4, -0.2) is 25.9 Å². The maximum atomic E-state index is 15.0. The maximum absolute atomic E-state index is 15.0. The quantitative estimate of drug-likeness (QED) is 0.261. The standard InChI is InChI=1S/C28H26FNO5S/c1-18(2)27(28(31)32)30(36(33)34)26-14-11-23(16-25(26)29)21-9-12-24(13-10-21)35-17-19-7-8-20-5-3-4-6-22(20)15-19/h3-16,18,27H,17H2,1-2H3,(H,31,32)(H,33,34). The molecule has 2 unspecified atom stereocenters. The summed E-state index contributed by atoms with van der Waals surface area (Å²) in [4.78, 5) is 11.7. The molecule has 2 atom stereocenters. The van der Waals surface area contributed by atoms with Gasteiger partial charge in [0.15, 0.2) is 0 Å². The van der Waals surface area contributed by atoms with Gasteiger partial charge in [0.2, 0.25) is 0 Å². The van der Waals surface area contributed by atoms with Crippen molar-refractivity contribution in [1.29, 1.82) is 0 Å². The summed E-state index contributed by atoms with van der Waals surface area (Å²) in [7, 11) is 0. The van der Waals surface area contributed by atoms with Crippen LogP contribution in [0.15, 0.2) is 84.9 Å². The second-order valence-corrected chi connectivity index (χ2v) is 9.60. The van der Waals surface area contributed by atoms with Crippen molar-refractivity contribution < 1.29 is 27.8 Å². The summed E-state index contributed by atoms with van der Waals surface area (Å²) in [6, 6.07) is 24.2. The van der Waals surface area contributed by atoms with E-state index in [2.05, 4.69) is 24.3 Å². The fourth-order valence-electron chi connectivity index (χ4n) is 4.09. The summed E-state index contributed by atoms with van der Waals surface area (Å²) < 4.78 is 43.2. The van der Waals surface area contributed by atoms with E-state index in [1.165, 1.54) is 17.5 Å². The molecule has 0 aliphatic carbocycles. The molecule has 0 aromatic heterocycles. The summed E-state index contributed by atoms with van der Waals surface area (Å²) in [6.45, 7) is 3.59. The number of carbonyl (C=O) groups is 1. The van der Waals surface area contributed by atoms with Crippen molar-refractivity contribution in [3.05, 3.63) is 96.3 Å². The highest BCUT2D eigenvalue weighted by molar-refractivity contribution is 7.80. The average molecular weight is 508 g/mol. The summed E-state index contributed by atoms with van der Waals surface area (Å²) in [5, 5.41) is 11.8. The molecule has 2 N–H and O–H groups in total. The lowest BCUT2D eigenvalue weighted by Gasteiger charge is -2.29. The van der Waals surface area contributed by atoms with E-state index in [-0.39, 0.29) is 5.69 Å². The van der Waals surface area contributed by atoms with Crippen LogP contribution in [0.5, 0.6) is 5.75 Å². The van der Waals surface area contributed by atoms with Gasteiger partial charge in [-0.2, -0.15) is 0 Å². The predicted octanol–water partition coefficient (Wildman–Crippen LogP) is 6.28. The number of benzene rings is 4. The van der Waals surface area contributed by atoms with Gasteiger partial charge in [0, 0.05) is 0 Å². The third kappa shape index (κ3) is 5.56. The van der Waals surface area contributed by atoms with Gasteiger partial charge in [-0.25, -0.2) is 13.4 Å². The zero-order valence-electron chi connectivity index (χ0n) is 19.8. The molecule has 36 heavy (non-hydrogen) atoms. The number of aliphatic carboxylic acids is 1. The molecule has 0 saturated carbocycles. The fraction of sp³-hybridized carbons (Fsp3) is 0.179. The molecule has 0 fully saturated rings. The van der Waals surface area contributed by atoms with Crippen LogP contribution >= 0.6 is 0 Å². The molecule has 0 radical (unpaired) electrons. The first kappa shape index (κ1) is 25.3. The van der Waals surface area contributed by atoms with Crippen LogP contribution in [0.2, 0.25) is 0 Å². The Morgan fingerprint density at radius 3 is 2.22 bits per heavy atom. The normalized spacial score (nSPS) is 12.9. The third-order valence-electron chi connectivity index (χ3n) is 5.90. The van der Waals surface area contributed by atoms with Gasteiger partial charge >= 0.3 is 5.97 Å². The van der Waals surface area contributed by atoms with Gasteiger partial charge in [0.05, 0.1) is 5.69 Å². The van der Waals surface area contributed by atoms with Gasteiger partial charge in [-0.1, -0.05) is 68.4 Å². The van der Waals surface area contributed by atoms with Crippen LogP contribution in [-0.2, 0) is 22.7 Å². The molecule has 0 aliphatic rings. The van der Waals surface area contributed by atoms with Crippen molar-refractivity contribution in [3.8, 4) is 16.9 Å². The van der Waals surface area contributed by atoms with E-state index in [9.17, 15) is 18.7 Å². The average Bonchev–Trinajstić information content (AvgIpc) is 2.85. The first-order valence-electron chi connectivity index (χ1n) is 11.4. The van der Waals surface area contributed by atoms with Crippen molar-refractivity contribution in [1.82, 2.24) is 0 Å². The highest BCUT2D eigenvalue weighted by Crippen LogP contribution is 2.31. The SMILES string of the molecule is CC(C)C(C(=O)O)N(c1ccc(-c2ccc(OCc3ccc4ccccc4c3)cc2)cc1F)S(=O)O. The molecule has 0 heterocycles. The van der Waals surface area contributed by atoms with E-state index in [4.69, 9.17) is 4.74 Å². The van der Waals surface area contributed by atoms with Crippen LogP contribution in [0.3, 0.4) is 0 Å². The Morgan fingerprint density at radius 2 is 1.61 bits per heavy atom. The number of fused-ring (bicyclic) bond motifs is 1. The van der Waals surface area contributed by atoms with E-state index >= 15 is 4.39 Å². The number of hydrogen-bond donors (Lipinski definition) is 2. The first-order chi connectivity index (χ1) is 17.2. The largest absolute Gasteiger partial charge is 0.489 e. The van der Waals surface area contributed by atoms with E-state index < -0.39 is 35.0 Å². The van der Waals surface area contributed by atoms with Gasteiger partial charge < -0.3 is 9.84 Å². The minimum atomic E-state index is -2.72. The van der Waals surface area contributed by atoms with Gasteiger partial charge in [-0.15, -0.1) is 0 Å². The number of anilines is 1. The molecule has 0 saturated heterocycles. The lowest BCUT2D eigenvalue weighted by Crippen LogP contribution is -2.46. The first-order valence-corrected chi connectivity index (χ1v) is 12.4. The minimum Gasteiger partial charge on any atom is -0.489 e. The lowest BCUT2D eigenvalue weighted by molar-refractivity contribution is -0.139. The fourth-order valence-corrected chi connectivity index (χ4v) is 4.94. The van der Waals surface area contributed by atoms with Crippen LogP contribution in [0.1, 0.15) is 19.4 Å². The van der Waals surface area contributed by atoms with Crippen LogP contribution in [0.4, 0.5) is 10.1 Å². The van der Waals surface area contributed by atoms with E-state index in [1.54, 1.807) is 44.2 Å². The van der Waals surface area contributed by atoms with Gasteiger partial charge in [0.25, 0.3) is 11.3 Å². The Balaban J connectivity index is 1.50. The Morgan fingerprint density at radius 1 is 0.944 bits per heavy atom. The molecule has 186 valence electrons. The molecule has 4 aromatic rings. The highest BCUT2D eigenvalue weighted by Gasteiger charge is 2.34. The summed E-state index contributed by atoms with van der Waals surface area (Å²) in [5.74, 6) is -1.97. The molecule has 0 aliphatic heterocycles. The number of nitrogens with zero attached hydrogens (tertiary/aromatic N) is 1. The molecule has 4 aromatic carbocycles. The second kappa shape index (κ2) is 10.9. The maximum Gasteiger partial charge on any atom is 0.327 e. The van der Waals surface area contributed by atoms with Crippen LogP contribution < -0.4 is 9.04 Å². The molecule has 8 heteroatoms. The second-order valence-electron chi connectivity index (χ2n) is 8.74. The number of carboxylic acids is 1. The predicted molar refractivity (Wildman–Crippen MR) is 140 cm³/mol. The molecule has 0 spiro atoms. The Labute approximate surface area is 211 Å². The van der Waals surface area contributed by atoms with Crippen molar-refractivity contribution in [2.24, 2.45) is 5.92 Å². The smallest absolute Gasteiger partial charge is 0.327 e.